The molecule has 0 aliphatic heterocycles. The van der Waals surface area contributed by atoms with Crippen molar-refractivity contribution in [2.24, 2.45) is 0 Å². The lowest BCUT2D eigenvalue weighted by Crippen LogP contribution is -2.44. The Balaban J connectivity index is 2.16. The number of ketones is 1. The minimum Gasteiger partial charge on any atom is -0.307 e. The molecule has 0 spiro atoms. The van der Waals surface area contributed by atoms with Crippen molar-refractivity contribution < 1.29 is 4.79 Å². The maximum Gasteiger partial charge on any atom is 0.152 e. The first-order chi connectivity index (χ1) is 13.5. The average molecular weight is 372 g/mol. The molecule has 0 radical (unpaired) electrons. The quantitative estimate of drug-likeness (QED) is 0.547. The molecule has 1 atom stereocenters. The van der Waals surface area contributed by atoms with Gasteiger partial charge in [-0.3, -0.25) is 4.79 Å². The van der Waals surface area contributed by atoms with Gasteiger partial charge in [-0.15, -0.1) is 0 Å². The van der Waals surface area contributed by atoms with Crippen LogP contribution >= 0.6 is 0 Å². The normalized spacial score (nSPS) is 12.7. The second kappa shape index (κ2) is 8.99. The molecule has 0 saturated heterocycles. The van der Waals surface area contributed by atoms with E-state index >= 15 is 0 Å². The molecule has 0 N–H and O–H groups in total. The number of nitrogens with zero attached hydrogens (tertiary/aromatic N) is 1. The van der Waals surface area contributed by atoms with Gasteiger partial charge >= 0.3 is 0 Å². The largest absolute Gasteiger partial charge is 0.307 e. The van der Waals surface area contributed by atoms with Gasteiger partial charge in [-0.05, 0) is 44.1 Å². The zero-order valence-corrected chi connectivity index (χ0v) is 17.0. The van der Waals surface area contributed by atoms with Crippen molar-refractivity contribution in [3.8, 4) is 0 Å². The Kier molecular flexibility index (Phi) is 6.43. The number of Topliss-reactive ketones (excluding diaryl/α,β-unsaturated/α-hetero) is 1. The predicted molar refractivity (Wildman–Crippen MR) is 117 cm³/mol. The molecule has 3 aromatic rings. The summed E-state index contributed by atoms with van der Waals surface area (Å²) < 4.78 is 0. The Hall–Kier alpha value is -2.71. The van der Waals surface area contributed by atoms with Gasteiger partial charge in [0, 0.05) is 12.5 Å². The van der Waals surface area contributed by atoms with Crippen LogP contribution in [-0.2, 0) is 16.6 Å². The second-order valence-corrected chi connectivity index (χ2v) is 7.74. The summed E-state index contributed by atoms with van der Waals surface area (Å²) in [5, 5.41) is 0. The van der Waals surface area contributed by atoms with E-state index in [0.717, 1.165) is 23.1 Å². The minimum atomic E-state index is -0.679. The summed E-state index contributed by atoms with van der Waals surface area (Å²) in [6.07, 6.45) is 1.16. The highest BCUT2D eigenvalue weighted by atomic mass is 16.1. The SMILES string of the molecule is CC(CC(C(=O)Cc1ccccc1)(c1ccccc1)c1ccccc1)N(C)C. The number of benzene rings is 3. The molecule has 1 unspecified atom stereocenters. The highest BCUT2D eigenvalue weighted by molar-refractivity contribution is 5.95. The third-order valence-corrected chi connectivity index (χ3v) is 5.70. The summed E-state index contributed by atoms with van der Waals surface area (Å²) in [6.45, 7) is 2.19. The van der Waals surface area contributed by atoms with Gasteiger partial charge in [0.25, 0.3) is 0 Å². The van der Waals surface area contributed by atoms with E-state index in [-0.39, 0.29) is 11.8 Å². The van der Waals surface area contributed by atoms with Crippen molar-refractivity contribution in [2.75, 3.05) is 14.1 Å². The van der Waals surface area contributed by atoms with E-state index < -0.39 is 5.41 Å². The van der Waals surface area contributed by atoms with Crippen LogP contribution in [0.25, 0.3) is 0 Å². The van der Waals surface area contributed by atoms with Crippen LogP contribution < -0.4 is 0 Å². The maximum absolute atomic E-state index is 14.0. The number of rotatable bonds is 8. The van der Waals surface area contributed by atoms with Gasteiger partial charge in [-0.25, -0.2) is 0 Å². The molecule has 2 heteroatoms. The number of carbonyl (C=O) groups excluding carboxylic acids is 1. The zero-order chi connectivity index (χ0) is 20.0. The lowest BCUT2D eigenvalue weighted by molar-refractivity contribution is -0.123. The third-order valence-electron chi connectivity index (χ3n) is 5.70. The first-order valence-electron chi connectivity index (χ1n) is 9.89. The molecule has 3 rings (SSSR count). The Morgan fingerprint density at radius 2 is 1.21 bits per heavy atom. The van der Waals surface area contributed by atoms with Crippen molar-refractivity contribution in [1.29, 1.82) is 0 Å². The van der Waals surface area contributed by atoms with E-state index in [9.17, 15) is 4.79 Å². The van der Waals surface area contributed by atoms with E-state index in [1.165, 1.54) is 0 Å². The van der Waals surface area contributed by atoms with Crippen LogP contribution in [0, 0.1) is 0 Å². The summed E-state index contributed by atoms with van der Waals surface area (Å²) in [5.74, 6) is 0.241. The van der Waals surface area contributed by atoms with Crippen molar-refractivity contribution in [2.45, 2.75) is 31.2 Å². The van der Waals surface area contributed by atoms with Crippen LogP contribution in [0.3, 0.4) is 0 Å². The summed E-state index contributed by atoms with van der Waals surface area (Å²) in [6, 6.07) is 30.8. The molecule has 144 valence electrons. The molecule has 0 aliphatic rings. The highest BCUT2D eigenvalue weighted by Gasteiger charge is 2.42. The average Bonchev–Trinajstić information content (AvgIpc) is 2.73. The summed E-state index contributed by atoms with van der Waals surface area (Å²) in [4.78, 5) is 16.2. The molecule has 0 amide bonds. The van der Waals surface area contributed by atoms with Crippen molar-refractivity contribution in [3.05, 3.63) is 108 Å². The van der Waals surface area contributed by atoms with E-state index in [1.54, 1.807) is 0 Å². The number of hydrogen-bond donors (Lipinski definition) is 0. The van der Waals surface area contributed by atoms with E-state index in [4.69, 9.17) is 0 Å². The van der Waals surface area contributed by atoms with Crippen LogP contribution in [0.1, 0.15) is 30.0 Å². The standard InChI is InChI=1S/C26H29NO/c1-21(27(2)3)20-26(23-15-9-5-10-16-23,24-17-11-6-12-18-24)25(28)19-22-13-7-4-8-14-22/h4-18,21H,19-20H2,1-3H3. The molecule has 28 heavy (non-hydrogen) atoms. The molecular formula is C26H29NO. The highest BCUT2D eigenvalue weighted by Crippen LogP contribution is 2.39. The first kappa shape index (κ1) is 20.0. The third kappa shape index (κ3) is 4.23. The Morgan fingerprint density at radius 1 is 0.786 bits per heavy atom. The van der Waals surface area contributed by atoms with E-state index in [2.05, 4.69) is 50.2 Å². The van der Waals surface area contributed by atoms with Gasteiger partial charge in [-0.2, -0.15) is 0 Å². The van der Waals surface area contributed by atoms with Crippen LogP contribution in [0.2, 0.25) is 0 Å². The van der Waals surface area contributed by atoms with E-state index in [1.807, 2.05) is 66.7 Å². The zero-order valence-electron chi connectivity index (χ0n) is 17.0. The predicted octanol–water partition coefficient (Wildman–Crippen LogP) is 5.12. The Labute approximate surface area is 168 Å². The fraction of sp³-hybridized carbons (Fsp3) is 0.269. The molecule has 0 bridgehead atoms. The topological polar surface area (TPSA) is 20.3 Å². The minimum absolute atomic E-state index is 0.241. The van der Waals surface area contributed by atoms with Gasteiger partial charge in [0.15, 0.2) is 5.78 Å². The van der Waals surface area contributed by atoms with Crippen molar-refractivity contribution in [1.82, 2.24) is 4.90 Å². The fourth-order valence-electron chi connectivity index (χ4n) is 3.84. The van der Waals surface area contributed by atoms with E-state index in [0.29, 0.717) is 6.42 Å². The number of carbonyl (C=O) groups is 1. The fourth-order valence-corrected chi connectivity index (χ4v) is 3.84. The van der Waals surface area contributed by atoms with Gasteiger partial charge < -0.3 is 4.90 Å². The molecule has 3 aromatic carbocycles. The molecule has 0 fully saturated rings. The van der Waals surface area contributed by atoms with Crippen LogP contribution in [-0.4, -0.2) is 30.8 Å². The molecule has 0 saturated carbocycles. The van der Waals surface area contributed by atoms with Gasteiger partial charge in [-0.1, -0.05) is 91.0 Å². The first-order valence-corrected chi connectivity index (χ1v) is 9.89. The molecule has 0 aromatic heterocycles. The Bertz CT molecular complexity index is 833. The number of hydrogen-bond acceptors (Lipinski definition) is 2. The summed E-state index contributed by atoms with van der Waals surface area (Å²) in [7, 11) is 4.15. The lowest BCUT2D eigenvalue weighted by atomic mass is 9.66. The summed E-state index contributed by atoms with van der Waals surface area (Å²) in [5.41, 5.74) is 2.51. The summed E-state index contributed by atoms with van der Waals surface area (Å²) >= 11 is 0. The smallest absolute Gasteiger partial charge is 0.152 e. The lowest BCUT2D eigenvalue weighted by Gasteiger charge is -2.38. The molecular weight excluding hydrogens is 342 g/mol. The van der Waals surface area contributed by atoms with Crippen molar-refractivity contribution >= 4 is 5.78 Å². The van der Waals surface area contributed by atoms with Gasteiger partial charge in [0.05, 0.1) is 5.41 Å². The molecule has 0 aliphatic carbocycles. The van der Waals surface area contributed by atoms with Gasteiger partial charge in [0.2, 0.25) is 0 Å². The monoisotopic (exact) mass is 371 g/mol. The molecule has 2 nitrogen and oxygen atoms in total. The van der Waals surface area contributed by atoms with Crippen LogP contribution in [0.15, 0.2) is 91.0 Å². The van der Waals surface area contributed by atoms with Crippen LogP contribution in [0.5, 0.6) is 0 Å². The Morgan fingerprint density at radius 3 is 1.64 bits per heavy atom. The second-order valence-electron chi connectivity index (χ2n) is 7.74. The maximum atomic E-state index is 14.0. The van der Waals surface area contributed by atoms with Crippen LogP contribution in [0.4, 0.5) is 0 Å². The van der Waals surface area contributed by atoms with Crippen molar-refractivity contribution in [3.63, 3.8) is 0 Å². The van der Waals surface area contributed by atoms with Gasteiger partial charge in [0.1, 0.15) is 0 Å². The molecule has 0 heterocycles.